The van der Waals surface area contributed by atoms with Crippen LogP contribution in [0.1, 0.15) is 22.3 Å². The Bertz CT molecular complexity index is 1400. The standard InChI is InChI=1S/C27H24F3N5O3/c1-35(2)26-31-14-17(15-32-26)19(16-9-11-18(12-10-16)27(28,29)30)5-3-8-24(37)33-21-6-4-7-22-20(21)13-23(36)25(38)34-22/h3-12,14-15,23,36H,13H2,1-2H3,(H,33,37)(H,34,38). The van der Waals surface area contributed by atoms with E-state index >= 15 is 0 Å². The van der Waals surface area contributed by atoms with Gasteiger partial charge in [0.1, 0.15) is 6.10 Å². The van der Waals surface area contributed by atoms with Crippen molar-refractivity contribution in [3.05, 3.63) is 95.3 Å². The molecule has 0 radical (unpaired) electrons. The molecule has 11 heteroatoms. The van der Waals surface area contributed by atoms with Crippen LogP contribution in [0, 0.1) is 0 Å². The third-order valence-corrected chi connectivity index (χ3v) is 5.77. The minimum Gasteiger partial charge on any atom is -0.383 e. The van der Waals surface area contributed by atoms with Gasteiger partial charge in [-0.3, -0.25) is 9.59 Å². The van der Waals surface area contributed by atoms with Crippen molar-refractivity contribution in [1.82, 2.24) is 9.97 Å². The van der Waals surface area contributed by atoms with Crippen molar-refractivity contribution in [1.29, 1.82) is 0 Å². The van der Waals surface area contributed by atoms with Crippen LogP contribution >= 0.6 is 0 Å². The predicted molar refractivity (Wildman–Crippen MR) is 137 cm³/mol. The molecule has 1 aliphatic heterocycles. The fourth-order valence-electron chi connectivity index (χ4n) is 3.84. The van der Waals surface area contributed by atoms with Crippen LogP contribution < -0.4 is 15.5 Å². The van der Waals surface area contributed by atoms with Gasteiger partial charge < -0.3 is 20.6 Å². The molecule has 0 spiro atoms. The molecule has 2 aromatic carbocycles. The molecule has 0 saturated carbocycles. The smallest absolute Gasteiger partial charge is 0.383 e. The molecule has 3 aromatic rings. The van der Waals surface area contributed by atoms with E-state index in [9.17, 15) is 27.9 Å². The first-order chi connectivity index (χ1) is 18.0. The monoisotopic (exact) mass is 523 g/mol. The number of nitrogens with zero attached hydrogens (tertiary/aromatic N) is 3. The van der Waals surface area contributed by atoms with Gasteiger partial charge in [0.05, 0.1) is 5.56 Å². The number of fused-ring (bicyclic) bond motifs is 1. The fourth-order valence-corrected chi connectivity index (χ4v) is 3.84. The molecule has 0 saturated heterocycles. The van der Waals surface area contributed by atoms with Crippen LogP contribution in [0.15, 0.2) is 73.1 Å². The topological polar surface area (TPSA) is 107 Å². The molecule has 4 rings (SSSR count). The van der Waals surface area contributed by atoms with E-state index in [2.05, 4.69) is 20.6 Å². The number of hydrogen-bond donors (Lipinski definition) is 3. The van der Waals surface area contributed by atoms with Gasteiger partial charge in [-0.2, -0.15) is 13.2 Å². The van der Waals surface area contributed by atoms with E-state index in [1.165, 1.54) is 24.3 Å². The Morgan fingerprint density at radius 1 is 1.11 bits per heavy atom. The highest BCUT2D eigenvalue weighted by Crippen LogP contribution is 2.32. The zero-order chi connectivity index (χ0) is 27.4. The van der Waals surface area contributed by atoms with Crippen molar-refractivity contribution >= 4 is 34.7 Å². The Morgan fingerprint density at radius 2 is 1.79 bits per heavy atom. The summed E-state index contributed by atoms with van der Waals surface area (Å²) in [7, 11) is 3.56. The maximum atomic E-state index is 13.1. The summed E-state index contributed by atoms with van der Waals surface area (Å²) in [6, 6.07) is 9.66. The van der Waals surface area contributed by atoms with Crippen molar-refractivity contribution in [2.24, 2.45) is 0 Å². The quantitative estimate of drug-likeness (QED) is 0.333. The van der Waals surface area contributed by atoms with Gasteiger partial charge in [-0.1, -0.05) is 30.4 Å². The van der Waals surface area contributed by atoms with Gasteiger partial charge in [-0.15, -0.1) is 0 Å². The molecule has 196 valence electrons. The second-order valence-corrected chi connectivity index (χ2v) is 8.71. The zero-order valence-corrected chi connectivity index (χ0v) is 20.5. The minimum absolute atomic E-state index is 0.0578. The van der Waals surface area contributed by atoms with Crippen molar-refractivity contribution in [3.8, 4) is 0 Å². The number of carbonyl (C=O) groups excluding carboxylic acids is 2. The van der Waals surface area contributed by atoms with Gasteiger partial charge in [0.2, 0.25) is 11.9 Å². The number of alkyl halides is 3. The molecule has 0 bridgehead atoms. The van der Waals surface area contributed by atoms with Gasteiger partial charge >= 0.3 is 6.18 Å². The molecule has 0 aliphatic carbocycles. The van der Waals surface area contributed by atoms with Gasteiger partial charge in [-0.25, -0.2) is 9.97 Å². The largest absolute Gasteiger partial charge is 0.416 e. The Balaban J connectivity index is 1.60. The van der Waals surface area contributed by atoms with Crippen molar-refractivity contribution in [3.63, 3.8) is 0 Å². The molecule has 8 nitrogen and oxygen atoms in total. The number of allylic oxidation sites excluding steroid dienone is 2. The van der Waals surface area contributed by atoms with E-state index in [-0.39, 0.29) is 6.42 Å². The molecule has 1 unspecified atom stereocenters. The highest BCUT2D eigenvalue weighted by atomic mass is 19.4. The molecule has 38 heavy (non-hydrogen) atoms. The van der Waals surface area contributed by atoms with Crippen LogP contribution in [0.3, 0.4) is 0 Å². The summed E-state index contributed by atoms with van der Waals surface area (Å²) >= 11 is 0. The number of carbonyl (C=O) groups is 2. The SMILES string of the molecule is CN(C)c1ncc(C(=CC=CC(=O)Nc2cccc3c2CC(O)C(=O)N3)c2ccc(C(F)(F)F)cc2)cn1. The number of benzene rings is 2. The van der Waals surface area contributed by atoms with E-state index in [0.717, 1.165) is 12.1 Å². The third-order valence-electron chi connectivity index (χ3n) is 5.77. The summed E-state index contributed by atoms with van der Waals surface area (Å²) in [6.07, 6.45) is 1.79. The van der Waals surface area contributed by atoms with E-state index in [0.29, 0.717) is 39.6 Å². The lowest BCUT2D eigenvalue weighted by atomic mass is 9.98. The lowest BCUT2D eigenvalue weighted by molar-refractivity contribution is -0.137. The number of rotatable bonds is 6. The van der Waals surface area contributed by atoms with Crippen LogP contribution in [0.4, 0.5) is 30.5 Å². The molecule has 2 heterocycles. The Morgan fingerprint density at radius 3 is 2.42 bits per heavy atom. The second kappa shape index (κ2) is 10.9. The van der Waals surface area contributed by atoms with Crippen LogP contribution in [0.25, 0.3) is 5.57 Å². The summed E-state index contributed by atoms with van der Waals surface area (Å²) in [5.74, 6) is -0.528. The van der Waals surface area contributed by atoms with E-state index in [1.807, 2.05) is 0 Å². The average molecular weight is 524 g/mol. The fraction of sp³-hybridized carbons (Fsp3) is 0.185. The second-order valence-electron chi connectivity index (χ2n) is 8.71. The van der Waals surface area contributed by atoms with E-state index in [4.69, 9.17) is 0 Å². The molecular formula is C27H24F3N5O3. The maximum absolute atomic E-state index is 13.1. The Hall–Kier alpha value is -4.51. The average Bonchev–Trinajstić information content (AvgIpc) is 2.87. The van der Waals surface area contributed by atoms with E-state index < -0.39 is 29.7 Å². The van der Waals surface area contributed by atoms with Crippen molar-refractivity contribution in [2.45, 2.75) is 18.7 Å². The lowest BCUT2D eigenvalue weighted by Crippen LogP contribution is -2.34. The third kappa shape index (κ3) is 6.06. The number of anilines is 3. The molecular weight excluding hydrogens is 499 g/mol. The van der Waals surface area contributed by atoms with Gasteiger partial charge in [0.15, 0.2) is 0 Å². The molecule has 3 N–H and O–H groups in total. The Kier molecular flexibility index (Phi) is 7.58. The van der Waals surface area contributed by atoms with Gasteiger partial charge in [0.25, 0.3) is 5.91 Å². The Labute approximate surface area is 216 Å². The summed E-state index contributed by atoms with van der Waals surface area (Å²) in [4.78, 5) is 34.6. The van der Waals surface area contributed by atoms with E-state index in [1.54, 1.807) is 55.7 Å². The lowest BCUT2D eigenvalue weighted by Gasteiger charge is -2.23. The van der Waals surface area contributed by atoms with Gasteiger partial charge in [-0.05, 0) is 35.4 Å². The van der Waals surface area contributed by atoms with Crippen LogP contribution in [-0.4, -0.2) is 47.1 Å². The zero-order valence-electron chi connectivity index (χ0n) is 20.5. The number of aliphatic hydroxyl groups excluding tert-OH is 1. The number of hydrogen-bond acceptors (Lipinski definition) is 6. The van der Waals surface area contributed by atoms with Crippen LogP contribution in [-0.2, 0) is 22.2 Å². The molecule has 1 aromatic heterocycles. The highest BCUT2D eigenvalue weighted by Gasteiger charge is 2.30. The molecule has 0 fully saturated rings. The summed E-state index contributed by atoms with van der Waals surface area (Å²) in [6.45, 7) is 0. The van der Waals surface area contributed by atoms with Crippen LogP contribution in [0.5, 0.6) is 0 Å². The first-order valence-corrected chi connectivity index (χ1v) is 11.5. The minimum atomic E-state index is -4.47. The van der Waals surface area contributed by atoms with Gasteiger partial charge in [0, 0.05) is 61.5 Å². The summed E-state index contributed by atoms with van der Waals surface area (Å²) < 4.78 is 39.2. The first-order valence-electron chi connectivity index (χ1n) is 11.5. The molecule has 1 atom stereocenters. The highest BCUT2D eigenvalue weighted by molar-refractivity contribution is 6.03. The van der Waals surface area contributed by atoms with Crippen molar-refractivity contribution < 1.29 is 27.9 Å². The normalized spacial score (nSPS) is 15.7. The number of aliphatic hydroxyl groups is 1. The maximum Gasteiger partial charge on any atom is 0.416 e. The number of nitrogens with one attached hydrogen (secondary N) is 2. The summed E-state index contributed by atoms with van der Waals surface area (Å²) in [5, 5.41) is 15.2. The number of halogens is 3. The molecule has 1 aliphatic rings. The van der Waals surface area contributed by atoms with Crippen molar-refractivity contribution in [2.75, 3.05) is 29.6 Å². The van der Waals surface area contributed by atoms with Crippen LogP contribution in [0.2, 0.25) is 0 Å². The number of amides is 2. The summed E-state index contributed by atoms with van der Waals surface area (Å²) in [5.41, 5.74) is 2.30. The first kappa shape index (κ1) is 26.6. The predicted octanol–water partition coefficient (Wildman–Crippen LogP) is 4.04. The number of aromatic nitrogens is 2. The molecule has 2 amide bonds.